The Labute approximate surface area is 392 Å². The molecule has 11 rings (SSSR count). The van der Waals surface area contributed by atoms with E-state index in [0.717, 1.165) is 83.5 Å². The summed E-state index contributed by atoms with van der Waals surface area (Å²) in [6.07, 6.45) is 1.39. The molecule has 0 N–H and O–H groups in total. The Morgan fingerprint density at radius 3 is 2.00 bits per heavy atom. The first kappa shape index (κ1) is 38.8. The summed E-state index contributed by atoms with van der Waals surface area (Å²) in [5.74, 6) is 2.21. The summed E-state index contributed by atoms with van der Waals surface area (Å²) in [7, 11) is 0. The van der Waals surface area contributed by atoms with Crippen LogP contribution in [0.3, 0.4) is 0 Å². The van der Waals surface area contributed by atoms with Gasteiger partial charge >= 0.3 is 0 Å². The fraction of sp³-hybridized carbons (Fsp3) is 0.138. The first-order valence-electron chi connectivity index (χ1n) is 23.0. The molecule has 0 unspecified atom stereocenters. The zero-order chi connectivity index (χ0) is 45.7. The van der Waals surface area contributed by atoms with Gasteiger partial charge in [-0.3, -0.25) is 4.98 Å². The van der Waals surface area contributed by atoms with Crippen LogP contribution in [0, 0.1) is 25.9 Å². The van der Waals surface area contributed by atoms with Gasteiger partial charge in [-0.05, 0) is 95.5 Å². The number of aromatic nitrogens is 3. The van der Waals surface area contributed by atoms with E-state index in [2.05, 4.69) is 153 Å². The van der Waals surface area contributed by atoms with Crippen LogP contribution in [0.25, 0.3) is 94.7 Å². The first-order chi connectivity index (χ1) is 32.0. The topological polar surface area (TPSA) is 57.0 Å². The van der Waals surface area contributed by atoms with Crippen molar-refractivity contribution in [3.8, 4) is 50.8 Å². The van der Waals surface area contributed by atoms with Crippen LogP contribution in [-0.4, -0.2) is 14.5 Å². The third-order valence-electron chi connectivity index (χ3n) is 11.8. The van der Waals surface area contributed by atoms with Crippen molar-refractivity contribution < 1.29 is 33.1 Å². The molecule has 4 heterocycles. The predicted octanol–water partition coefficient (Wildman–Crippen LogP) is 15.9. The molecule has 0 aliphatic heterocycles. The smallest absolute Gasteiger partial charge is 0.138 e. The van der Waals surface area contributed by atoms with E-state index >= 15 is 0 Å². The molecule has 0 saturated heterocycles. The molecule has 0 amide bonds. The van der Waals surface area contributed by atoms with Crippen molar-refractivity contribution in [3.05, 3.63) is 198 Å². The van der Waals surface area contributed by atoms with Crippen molar-refractivity contribution in [2.45, 2.75) is 53.3 Å². The molecule has 11 aromatic rings. The fourth-order valence-electron chi connectivity index (χ4n) is 8.70. The number of furan rings is 2. The number of rotatable bonds is 7. The van der Waals surface area contributed by atoms with Crippen LogP contribution in [0.2, 0.25) is 0 Å². The van der Waals surface area contributed by atoms with Crippen molar-refractivity contribution in [1.29, 1.82) is 0 Å². The van der Waals surface area contributed by atoms with Crippen molar-refractivity contribution in [3.63, 3.8) is 0 Å². The van der Waals surface area contributed by atoms with Crippen LogP contribution in [0.15, 0.2) is 173 Å². The number of nitrogens with zero attached hydrogens (tertiary/aromatic N) is 3. The Kier molecular flexibility index (Phi) is 10.7. The number of hydrogen-bond donors (Lipinski definition) is 0. The molecule has 6 heteroatoms. The van der Waals surface area contributed by atoms with Gasteiger partial charge in [0.05, 0.1) is 27.8 Å². The van der Waals surface area contributed by atoms with E-state index in [1.165, 1.54) is 34.1 Å². The molecule has 317 valence electrons. The van der Waals surface area contributed by atoms with Crippen LogP contribution in [0.4, 0.5) is 0 Å². The first-order valence-corrected chi connectivity index (χ1v) is 21.5. The monoisotopic (exact) mass is 1010 g/mol. The van der Waals surface area contributed by atoms with Crippen LogP contribution in [0.1, 0.15) is 65.9 Å². The largest absolute Gasteiger partial charge is 0.500 e. The van der Waals surface area contributed by atoms with Crippen molar-refractivity contribution >= 4 is 43.9 Å². The van der Waals surface area contributed by atoms with Crippen LogP contribution < -0.4 is 0 Å². The predicted molar refractivity (Wildman–Crippen MR) is 259 cm³/mol. The van der Waals surface area contributed by atoms with Gasteiger partial charge in [0.15, 0.2) is 0 Å². The van der Waals surface area contributed by atoms with E-state index in [9.17, 15) is 0 Å². The Balaban J connectivity index is 0.000000281. The number of imidazole rings is 1. The van der Waals surface area contributed by atoms with Gasteiger partial charge < -0.3 is 18.4 Å². The zero-order valence-corrected chi connectivity index (χ0v) is 38.6. The van der Waals surface area contributed by atoms with E-state index in [-0.39, 0.29) is 37.5 Å². The zero-order valence-electron chi connectivity index (χ0n) is 39.2. The molecule has 7 aromatic carbocycles. The maximum atomic E-state index is 7.23. The SMILES string of the molecule is Cc1c(-c2ccccc2)oc2ccc3c4cc[c-]c(-c5nc6ccccc6n5-c5c(C(C)C)cc(-c6ccccc6)cc5C(C)C)c4oc3c12.[2H]C([2H])([2H])c1ccc(-c2[c-]cccc2)nc1.[Ir]. The summed E-state index contributed by atoms with van der Waals surface area (Å²) in [6.45, 7) is 9.16. The molecule has 0 bridgehead atoms. The molecule has 1 radical (unpaired) electrons. The van der Waals surface area contributed by atoms with Crippen molar-refractivity contribution in [1.82, 2.24) is 14.5 Å². The molecule has 0 aliphatic carbocycles. The van der Waals surface area contributed by atoms with E-state index in [0.29, 0.717) is 0 Å². The average molecular weight is 1010 g/mol. The van der Waals surface area contributed by atoms with Gasteiger partial charge in [-0.1, -0.05) is 124 Å². The molecule has 4 aromatic heterocycles. The van der Waals surface area contributed by atoms with Crippen LogP contribution >= 0.6 is 0 Å². The molecular formula is C58H47IrN3O2-2. The minimum Gasteiger partial charge on any atom is -0.500 e. The van der Waals surface area contributed by atoms with Gasteiger partial charge in [-0.15, -0.1) is 54.1 Å². The molecular weight excluding hydrogens is 963 g/mol. The summed E-state index contributed by atoms with van der Waals surface area (Å²) in [4.78, 5) is 9.46. The van der Waals surface area contributed by atoms with E-state index in [1.54, 1.807) is 18.2 Å². The van der Waals surface area contributed by atoms with Gasteiger partial charge in [0.1, 0.15) is 16.9 Å². The molecule has 0 saturated carbocycles. The molecule has 64 heavy (non-hydrogen) atoms. The van der Waals surface area contributed by atoms with Crippen LogP contribution in [-0.2, 0) is 20.1 Å². The second-order valence-electron chi connectivity index (χ2n) is 16.6. The summed E-state index contributed by atoms with van der Waals surface area (Å²) < 4.78 is 37.5. The Morgan fingerprint density at radius 2 is 1.33 bits per heavy atom. The molecule has 5 nitrogen and oxygen atoms in total. The second kappa shape index (κ2) is 17.7. The van der Waals surface area contributed by atoms with Gasteiger partial charge in [0.2, 0.25) is 0 Å². The minimum absolute atomic E-state index is 0. The van der Waals surface area contributed by atoms with Gasteiger partial charge in [0, 0.05) is 52.6 Å². The van der Waals surface area contributed by atoms with Gasteiger partial charge in [-0.25, -0.2) is 0 Å². The van der Waals surface area contributed by atoms with E-state index < -0.39 is 6.85 Å². The number of benzene rings is 7. The van der Waals surface area contributed by atoms with E-state index in [4.69, 9.17) is 17.9 Å². The molecule has 0 aliphatic rings. The number of para-hydroxylation sites is 2. The fourth-order valence-corrected chi connectivity index (χ4v) is 8.70. The Hall–Kier alpha value is -6.85. The normalized spacial score (nSPS) is 12.3. The second-order valence-corrected chi connectivity index (χ2v) is 16.6. The molecule has 0 fully saturated rings. The Bertz CT molecular complexity index is 3490. The summed E-state index contributed by atoms with van der Waals surface area (Å²) in [5, 5.41) is 3.08. The molecule has 0 spiro atoms. The standard InChI is InChI=1S/C46H37N2O2.C12H10N.Ir/c1-27(2)36-25-32(30-15-8-6-9-16-30)26-37(28(3)4)42(36)48-39-22-13-12-21-38(39)47-46(48)35-20-14-19-33-34-23-24-40-41(45(34)50-44(33)35)29(5)43(49-40)31-17-10-7-11-18-31;1-10-7-8-12(13-9-10)11-5-3-2-4-6-11;/h6-19,21-28H,1-5H3;2-5,7-9H,1H3;/q2*-1;/i;1D3;. The summed E-state index contributed by atoms with van der Waals surface area (Å²) in [6, 6.07) is 59.8. The van der Waals surface area contributed by atoms with E-state index in [1.807, 2.05) is 42.5 Å². The third kappa shape index (κ3) is 7.68. The Morgan fingerprint density at radius 1 is 0.641 bits per heavy atom. The maximum absolute atomic E-state index is 7.23. The number of hydrogen-bond acceptors (Lipinski definition) is 4. The van der Waals surface area contributed by atoms with Crippen molar-refractivity contribution in [2.75, 3.05) is 0 Å². The number of fused-ring (bicyclic) bond motifs is 6. The quantitative estimate of drug-likeness (QED) is 0.149. The maximum Gasteiger partial charge on any atom is 0.138 e. The van der Waals surface area contributed by atoms with Gasteiger partial charge in [0.25, 0.3) is 0 Å². The molecule has 0 atom stereocenters. The van der Waals surface area contributed by atoms with Crippen molar-refractivity contribution in [2.24, 2.45) is 0 Å². The minimum atomic E-state index is -2.09. The third-order valence-corrected chi connectivity index (χ3v) is 11.8. The van der Waals surface area contributed by atoms with Gasteiger partial charge in [-0.2, -0.15) is 0 Å². The number of pyridine rings is 1. The summed E-state index contributed by atoms with van der Waals surface area (Å²) >= 11 is 0. The number of aryl methyl sites for hydroxylation is 2. The average Bonchev–Trinajstić information content (AvgIpc) is 4.03. The van der Waals surface area contributed by atoms with Crippen LogP contribution in [0.5, 0.6) is 0 Å². The summed E-state index contributed by atoms with van der Waals surface area (Å²) in [5.41, 5.74) is 15.4.